The van der Waals surface area contributed by atoms with Gasteiger partial charge in [0.15, 0.2) is 0 Å². The first kappa shape index (κ1) is 20.1. The molecule has 33 heavy (non-hydrogen) atoms. The van der Waals surface area contributed by atoms with Gasteiger partial charge in [-0.05, 0) is 54.5 Å². The molecular weight excluding hydrogens is 434 g/mol. The number of carbonyl (C=O) groups is 2. The fourth-order valence-electron chi connectivity index (χ4n) is 4.89. The normalized spacial score (nSPS) is 15.2. The van der Waals surface area contributed by atoms with Crippen LogP contribution >= 0.6 is 11.3 Å². The molecule has 1 aliphatic carbocycles. The smallest absolute Gasteiger partial charge is 0.262 e. The largest absolute Gasteiger partial charge is 0.297 e. The lowest BCUT2D eigenvalue weighted by atomic mass is 9.89. The Kier molecular flexibility index (Phi) is 4.73. The number of hydrogen-bond donors (Lipinski definition) is 0. The van der Waals surface area contributed by atoms with Crippen molar-refractivity contribution >= 4 is 33.4 Å². The summed E-state index contributed by atoms with van der Waals surface area (Å²) in [6, 6.07) is 13.3. The SMILES string of the molecule is O=C1c2ccccc2C(=O)N1CCn1cnc2scc(-c3ccc4c(c3)CCCC4)c2c1=O. The summed E-state index contributed by atoms with van der Waals surface area (Å²) in [5.41, 5.74) is 5.39. The van der Waals surface area contributed by atoms with Crippen LogP contribution in [-0.4, -0.2) is 32.8 Å². The van der Waals surface area contributed by atoms with Crippen molar-refractivity contribution in [1.82, 2.24) is 14.5 Å². The maximum atomic E-state index is 13.4. The molecule has 0 saturated carbocycles. The maximum absolute atomic E-state index is 13.4. The van der Waals surface area contributed by atoms with Gasteiger partial charge in [0.05, 0.1) is 22.8 Å². The number of hydrogen-bond acceptors (Lipinski definition) is 5. The first-order valence-corrected chi connectivity index (χ1v) is 12.0. The Bertz CT molecular complexity index is 1470. The molecule has 0 N–H and O–H groups in total. The van der Waals surface area contributed by atoms with Crippen LogP contribution in [-0.2, 0) is 19.4 Å². The number of carbonyl (C=O) groups excluding carboxylic acids is 2. The average Bonchev–Trinajstić information content (AvgIpc) is 3.39. The summed E-state index contributed by atoms with van der Waals surface area (Å²) in [6.07, 6.45) is 6.14. The van der Waals surface area contributed by atoms with Crippen molar-refractivity contribution in [3.05, 3.63) is 86.8 Å². The fraction of sp³-hybridized carbons (Fsp3) is 0.231. The van der Waals surface area contributed by atoms with Gasteiger partial charge in [0, 0.05) is 24.0 Å². The molecule has 2 aromatic heterocycles. The lowest BCUT2D eigenvalue weighted by Crippen LogP contribution is -2.35. The molecule has 7 heteroatoms. The third kappa shape index (κ3) is 3.23. The molecular formula is C26H21N3O3S. The van der Waals surface area contributed by atoms with E-state index < -0.39 is 0 Å². The van der Waals surface area contributed by atoms with E-state index >= 15 is 0 Å². The molecule has 2 aliphatic rings. The molecule has 0 bridgehead atoms. The summed E-state index contributed by atoms with van der Waals surface area (Å²) in [7, 11) is 0. The van der Waals surface area contributed by atoms with Crippen LogP contribution in [0.5, 0.6) is 0 Å². The Morgan fingerprint density at radius 1 is 0.848 bits per heavy atom. The Morgan fingerprint density at radius 3 is 2.33 bits per heavy atom. The van der Waals surface area contributed by atoms with Gasteiger partial charge in [0.2, 0.25) is 0 Å². The van der Waals surface area contributed by atoms with E-state index in [1.807, 2.05) is 5.38 Å². The molecule has 6 rings (SSSR count). The molecule has 0 unspecified atom stereocenters. The topological polar surface area (TPSA) is 72.3 Å². The molecule has 164 valence electrons. The van der Waals surface area contributed by atoms with Gasteiger partial charge in [-0.25, -0.2) is 4.98 Å². The number of amides is 2. The number of nitrogens with zero attached hydrogens (tertiary/aromatic N) is 3. The molecule has 2 aromatic carbocycles. The van der Waals surface area contributed by atoms with Crippen LogP contribution in [0.3, 0.4) is 0 Å². The fourth-order valence-corrected chi connectivity index (χ4v) is 5.80. The number of thiophene rings is 1. The first-order valence-electron chi connectivity index (χ1n) is 11.2. The lowest BCUT2D eigenvalue weighted by molar-refractivity contribution is 0.0648. The highest BCUT2D eigenvalue weighted by Gasteiger charge is 2.34. The number of aryl methyl sites for hydroxylation is 2. The van der Waals surface area contributed by atoms with E-state index in [-0.39, 0.29) is 30.5 Å². The van der Waals surface area contributed by atoms with Crippen molar-refractivity contribution in [1.29, 1.82) is 0 Å². The summed E-state index contributed by atoms with van der Waals surface area (Å²) in [5, 5.41) is 2.60. The molecule has 1 aliphatic heterocycles. The van der Waals surface area contributed by atoms with E-state index in [0.29, 0.717) is 21.3 Å². The Morgan fingerprint density at radius 2 is 1.58 bits per heavy atom. The molecule has 0 spiro atoms. The molecule has 0 fully saturated rings. The second-order valence-electron chi connectivity index (χ2n) is 8.57. The Labute approximate surface area is 194 Å². The summed E-state index contributed by atoms with van der Waals surface area (Å²) in [5.74, 6) is -0.633. The van der Waals surface area contributed by atoms with Gasteiger partial charge in [-0.1, -0.05) is 30.3 Å². The van der Waals surface area contributed by atoms with Gasteiger partial charge in [-0.15, -0.1) is 11.3 Å². The van der Waals surface area contributed by atoms with Crippen molar-refractivity contribution < 1.29 is 9.59 Å². The minimum atomic E-state index is -0.317. The van der Waals surface area contributed by atoms with Gasteiger partial charge in [0.1, 0.15) is 4.83 Å². The highest BCUT2D eigenvalue weighted by atomic mass is 32.1. The average molecular weight is 456 g/mol. The maximum Gasteiger partial charge on any atom is 0.262 e. The number of fused-ring (bicyclic) bond motifs is 3. The minimum absolute atomic E-state index is 0.123. The van der Waals surface area contributed by atoms with Crippen molar-refractivity contribution in [2.45, 2.75) is 32.2 Å². The van der Waals surface area contributed by atoms with E-state index in [2.05, 4.69) is 23.2 Å². The monoisotopic (exact) mass is 455 g/mol. The summed E-state index contributed by atoms with van der Waals surface area (Å²) in [4.78, 5) is 45.1. The standard InChI is InChI=1S/C26H21N3O3S/c30-24-19-7-3-4-8-20(19)25(31)29(24)12-11-28-15-27-23-22(26(28)32)21(14-33-23)18-10-9-16-5-1-2-6-17(16)13-18/h3-4,7-10,13-15H,1-2,5-6,11-12H2. The molecule has 3 heterocycles. The van der Waals surface area contributed by atoms with Gasteiger partial charge in [0.25, 0.3) is 17.4 Å². The molecule has 2 amide bonds. The Balaban J connectivity index is 1.32. The van der Waals surface area contributed by atoms with Crippen LogP contribution in [0.25, 0.3) is 21.3 Å². The minimum Gasteiger partial charge on any atom is -0.297 e. The van der Waals surface area contributed by atoms with Crippen LogP contribution in [0.1, 0.15) is 44.7 Å². The summed E-state index contributed by atoms with van der Waals surface area (Å²) in [6.45, 7) is 0.324. The van der Waals surface area contributed by atoms with Gasteiger partial charge in [-0.2, -0.15) is 0 Å². The second-order valence-corrected chi connectivity index (χ2v) is 9.43. The number of imide groups is 1. The molecule has 0 radical (unpaired) electrons. The van der Waals surface area contributed by atoms with E-state index in [1.165, 1.54) is 51.1 Å². The summed E-state index contributed by atoms with van der Waals surface area (Å²) >= 11 is 1.46. The van der Waals surface area contributed by atoms with Crippen LogP contribution in [0.15, 0.2) is 59.0 Å². The predicted molar refractivity (Wildman–Crippen MR) is 128 cm³/mol. The quantitative estimate of drug-likeness (QED) is 0.430. The van der Waals surface area contributed by atoms with E-state index in [4.69, 9.17) is 0 Å². The van der Waals surface area contributed by atoms with Gasteiger partial charge in [-0.3, -0.25) is 23.9 Å². The third-order valence-electron chi connectivity index (χ3n) is 6.66. The van der Waals surface area contributed by atoms with E-state index in [9.17, 15) is 14.4 Å². The third-order valence-corrected chi connectivity index (χ3v) is 7.55. The molecule has 6 nitrogen and oxygen atoms in total. The Hall–Kier alpha value is -3.58. The second kappa shape index (κ2) is 7.78. The highest BCUT2D eigenvalue weighted by Crippen LogP contribution is 2.33. The zero-order valence-electron chi connectivity index (χ0n) is 17.9. The van der Waals surface area contributed by atoms with Crippen molar-refractivity contribution in [3.63, 3.8) is 0 Å². The molecule has 0 atom stereocenters. The number of rotatable bonds is 4. The zero-order chi connectivity index (χ0) is 22.5. The van der Waals surface area contributed by atoms with E-state index in [0.717, 1.165) is 24.0 Å². The lowest BCUT2D eigenvalue weighted by Gasteiger charge is -2.16. The zero-order valence-corrected chi connectivity index (χ0v) is 18.7. The first-order chi connectivity index (χ1) is 16.1. The van der Waals surface area contributed by atoms with Crippen molar-refractivity contribution in [2.75, 3.05) is 6.54 Å². The molecule has 4 aromatic rings. The summed E-state index contributed by atoms with van der Waals surface area (Å²) < 4.78 is 1.50. The van der Waals surface area contributed by atoms with Crippen molar-refractivity contribution in [2.24, 2.45) is 0 Å². The van der Waals surface area contributed by atoms with Crippen molar-refractivity contribution in [3.8, 4) is 11.1 Å². The van der Waals surface area contributed by atoms with Gasteiger partial charge < -0.3 is 0 Å². The van der Waals surface area contributed by atoms with Crippen LogP contribution < -0.4 is 5.56 Å². The molecule has 0 saturated heterocycles. The van der Waals surface area contributed by atoms with Gasteiger partial charge >= 0.3 is 0 Å². The van der Waals surface area contributed by atoms with E-state index in [1.54, 1.807) is 24.3 Å². The predicted octanol–water partition coefficient (Wildman–Crippen LogP) is 4.30. The van der Waals surface area contributed by atoms with Crippen LogP contribution in [0.4, 0.5) is 0 Å². The highest BCUT2D eigenvalue weighted by molar-refractivity contribution is 7.17. The van der Waals surface area contributed by atoms with Crippen LogP contribution in [0.2, 0.25) is 0 Å². The number of aromatic nitrogens is 2. The van der Waals surface area contributed by atoms with Crippen LogP contribution in [0, 0.1) is 0 Å². The number of benzene rings is 2.